The van der Waals surface area contributed by atoms with Crippen molar-refractivity contribution >= 4 is 60.8 Å². The van der Waals surface area contributed by atoms with Crippen LogP contribution < -0.4 is 0 Å². The van der Waals surface area contributed by atoms with Crippen LogP contribution in [-0.2, 0) is 9.59 Å². The van der Waals surface area contributed by atoms with Crippen molar-refractivity contribution in [2.24, 2.45) is 11.3 Å². The van der Waals surface area contributed by atoms with Crippen LogP contribution in [0.3, 0.4) is 0 Å². The van der Waals surface area contributed by atoms with E-state index in [-0.39, 0.29) is 60.7 Å². The van der Waals surface area contributed by atoms with Gasteiger partial charge in [0.25, 0.3) is 0 Å². The summed E-state index contributed by atoms with van der Waals surface area (Å²) in [4.78, 5) is 22.2. The maximum atomic E-state index is 11.1. The molecule has 0 aliphatic heterocycles. The molecule has 0 fully saturated rings. The van der Waals surface area contributed by atoms with Gasteiger partial charge in [0.05, 0.1) is 0 Å². The first-order valence-corrected chi connectivity index (χ1v) is 7.82. The van der Waals surface area contributed by atoms with Gasteiger partial charge in [0.1, 0.15) is 0 Å². The standard InChI is InChI=1S/C16H30O4.Ba.2H/c1-4-6-8-10-16(3,11-9-7-5-2)12-13(14(17)18)15(19)20;;;/h13H,4-12H2,1-3H3,(H,17,18)(H,19,20);;;. The van der Waals surface area contributed by atoms with Crippen molar-refractivity contribution in [3.05, 3.63) is 0 Å². The van der Waals surface area contributed by atoms with E-state index < -0.39 is 17.9 Å². The predicted molar refractivity (Wildman–Crippen MR) is 88.3 cm³/mol. The molecule has 0 atom stereocenters. The third-order valence-electron chi connectivity index (χ3n) is 4.06. The summed E-state index contributed by atoms with van der Waals surface area (Å²) in [6.07, 6.45) is 8.64. The minimum atomic E-state index is -1.27. The zero-order valence-electron chi connectivity index (χ0n) is 13.2. The molecule has 2 N–H and O–H groups in total. The number of carboxylic acids is 2. The average molecular weight is 426 g/mol. The van der Waals surface area contributed by atoms with Gasteiger partial charge < -0.3 is 10.2 Å². The fraction of sp³-hybridized carbons (Fsp3) is 0.875. The van der Waals surface area contributed by atoms with E-state index in [1.54, 1.807) is 0 Å². The summed E-state index contributed by atoms with van der Waals surface area (Å²) in [5.74, 6) is -3.70. The molecule has 0 saturated heterocycles. The topological polar surface area (TPSA) is 74.6 Å². The van der Waals surface area contributed by atoms with E-state index in [2.05, 4.69) is 20.8 Å². The SMILES string of the molecule is CCCCCC(C)(CCCCC)CC(C(=O)O)C(=O)O.[BaH2]. The first-order valence-electron chi connectivity index (χ1n) is 7.82. The molecule has 0 amide bonds. The monoisotopic (exact) mass is 426 g/mol. The van der Waals surface area contributed by atoms with Crippen LogP contribution in [0, 0.1) is 11.3 Å². The fourth-order valence-corrected chi connectivity index (χ4v) is 2.71. The van der Waals surface area contributed by atoms with E-state index in [0.29, 0.717) is 0 Å². The quantitative estimate of drug-likeness (QED) is 0.285. The Bertz CT molecular complexity index is 281. The summed E-state index contributed by atoms with van der Waals surface area (Å²) in [5.41, 5.74) is -0.175. The van der Waals surface area contributed by atoms with Crippen molar-refractivity contribution in [3.63, 3.8) is 0 Å². The number of unbranched alkanes of at least 4 members (excludes halogenated alkanes) is 4. The molecule has 5 heteroatoms. The molecule has 0 bridgehead atoms. The van der Waals surface area contributed by atoms with Gasteiger partial charge in [0, 0.05) is 0 Å². The molecule has 0 spiro atoms. The molecule has 0 aromatic rings. The van der Waals surface area contributed by atoms with Gasteiger partial charge in [-0.05, 0) is 24.7 Å². The van der Waals surface area contributed by atoms with Gasteiger partial charge in [-0.15, -0.1) is 0 Å². The van der Waals surface area contributed by atoms with Crippen LogP contribution in [0.4, 0.5) is 0 Å². The second kappa shape index (κ2) is 13.0. The molecule has 21 heavy (non-hydrogen) atoms. The van der Waals surface area contributed by atoms with Gasteiger partial charge in [0.15, 0.2) is 5.92 Å². The summed E-state index contributed by atoms with van der Waals surface area (Å²) < 4.78 is 0. The van der Waals surface area contributed by atoms with Crippen molar-refractivity contribution < 1.29 is 19.8 Å². The normalized spacial score (nSPS) is 11.2. The molecule has 0 aromatic carbocycles. The van der Waals surface area contributed by atoms with E-state index in [1.165, 1.54) is 0 Å². The van der Waals surface area contributed by atoms with E-state index >= 15 is 0 Å². The second-order valence-corrected chi connectivity index (χ2v) is 6.16. The number of hydrogen-bond donors (Lipinski definition) is 2. The van der Waals surface area contributed by atoms with Crippen molar-refractivity contribution in [3.8, 4) is 0 Å². The minimum absolute atomic E-state index is 0. The molecule has 0 aliphatic rings. The first kappa shape index (κ1) is 23.8. The molecule has 0 rings (SSSR count). The van der Waals surface area contributed by atoms with Crippen LogP contribution in [0.15, 0.2) is 0 Å². The van der Waals surface area contributed by atoms with Crippen molar-refractivity contribution in [1.82, 2.24) is 0 Å². The summed E-state index contributed by atoms with van der Waals surface area (Å²) in [6, 6.07) is 0. The molecule has 0 unspecified atom stereocenters. The Balaban J connectivity index is 0. The van der Waals surface area contributed by atoms with Crippen molar-refractivity contribution in [1.29, 1.82) is 0 Å². The Morgan fingerprint density at radius 3 is 1.57 bits per heavy atom. The number of hydrogen-bond acceptors (Lipinski definition) is 2. The zero-order valence-corrected chi connectivity index (χ0v) is 13.2. The van der Waals surface area contributed by atoms with Crippen LogP contribution in [-0.4, -0.2) is 71.0 Å². The van der Waals surface area contributed by atoms with Gasteiger partial charge in [-0.2, -0.15) is 0 Å². The van der Waals surface area contributed by atoms with Crippen molar-refractivity contribution in [2.75, 3.05) is 0 Å². The third kappa shape index (κ3) is 10.8. The molecule has 122 valence electrons. The summed E-state index contributed by atoms with van der Waals surface area (Å²) in [6.45, 7) is 6.31. The molecule has 0 aliphatic carbocycles. The Hall–Kier alpha value is 0.511. The van der Waals surface area contributed by atoms with Gasteiger partial charge >= 0.3 is 60.8 Å². The molecule has 0 heterocycles. The summed E-state index contributed by atoms with van der Waals surface area (Å²) >= 11 is 0. The number of aliphatic carboxylic acids is 2. The molecular weight excluding hydrogens is 394 g/mol. The van der Waals surface area contributed by atoms with Crippen LogP contribution in [0.25, 0.3) is 0 Å². The van der Waals surface area contributed by atoms with Gasteiger partial charge in [-0.3, -0.25) is 9.59 Å². The second-order valence-electron chi connectivity index (χ2n) is 6.16. The third-order valence-corrected chi connectivity index (χ3v) is 4.06. The Labute approximate surface area is 169 Å². The number of carboxylic acid groups (broad SMARTS) is 2. The molecular formula is C16H32BaO4. The predicted octanol–water partition coefficient (Wildman–Crippen LogP) is 3.41. The van der Waals surface area contributed by atoms with Gasteiger partial charge in [-0.1, -0.05) is 59.3 Å². The summed E-state index contributed by atoms with van der Waals surface area (Å²) in [5, 5.41) is 18.1. The zero-order chi connectivity index (χ0) is 15.6. The van der Waals surface area contributed by atoms with E-state index in [9.17, 15) is 9.59 Å². The van der Waals surface area contributed by atoms with Crippen LogP contribution >= 0.6 is 0 Å². The van der Waals surface area contributed by atoms with Crippen LogP contribution in [0.5, 0.6) is 0 Å². The summed E-state index contributed by atoms with van der Waals surface area (Å²) in [7, 11) is 0. The first-order chi connectivity index (χ1) is 9.36. The number of rotatable bonds is 12. The van der Waals surface area contributed by atoms with E-state index in [1.807, 2.05) is 0 Å². The molecule has 0 radical (unpaired) electrons. The van der Waals surface area contributed by atoms with E-state index in [0.717, 1.165) is 51.4 Å². The Kier molecular flexibility index (Phi) is 14.7. The van der Waals surface area contributed by atoms with Crippen molar-refractivity contribution in [2.45, 2.75) is 78.6 Å². The van der Waals surface area contributed by atoms with Gasteiger partial charge in [-0.25, -0.2) is 0 Å². The van der Waals surface area contributed by atoms with Crippen LogP contribution in [0.2, 0.25) is 0 Å². The van der Waals surface area contributed by atoms with Gasteiger partial charge in [0.2, 0.25) is 0 Å². The Morgan fingerprint density at radius 1 is 0.905 bits per heavy atom. The van der Waals surface area contributed by atoms with Crippen LogP contribution in [0.1, 0.15) is 78.6 Å². The number of carbonyl (C=O) groups is 2. The van der Waals surface area contributed by atoms with E-state index in [4.69, 9.17) is 10.2 Å². The average Bonchev–Trinajstić information content (AvgIpc) is 2.36. The maximum absolute atomic E-state index is 11.1. The fourth-order valence-electron chi connectivity index (χ4n) is 2.71. The molecule has 0 aromatic heterocycles. The molecule has 4 nitrogen and oxygen atoms in total. The molecule has 0 saturated carbocycles. The Morgan fingerprint density at radius 2 is 1.29 bits per heavy atom.